The Kier molecular flexibility index (Phi) is 8.85. The van der Waals surface area contributed by atoms with Gasteiger partial charge in [0.15, 0.2) is 9.84 Å². The molecular formula is C23H29ClN4O4S. The predicted molar refractivity (Wildman–Crippen MR) is 129 cm³/mol. The number of rotatable bonds is 11. The highest BCUT2D eigenvalue weighted by molar-refractivity contribution is 7.91. The molecule has 10 heteroatoms. The second-order valence-corrected chi connectivity index (χ2v) is 10.1. The van der Waals surface area contributed by atoms with Crippen LogP contribution in [0.1, 0.15) is 16.7 Å². The van der Waals surface area contributed by atoms with Crippen LogP contribution in [0.5, 0.6) is 0 Å². The Labute approximate surface area is 199 Å². The predicted octanol–water partition coefficient (Wildman–Crippen LogP) is 1.99. The molecule has 1 amide bonds. The van der Waals surface area contributed by atoms with Crippen molar-refractivity contribution < 1.29 is 17.9 Å². The molecule has 3 rings (SSSR count). The largest absolute Gasteiger partial charge is 0.370 e. The first-order valence-electron chi connectivity index (χ1n) is 10.7. The summed E-state index contributed by atoms with van der Waals surface area (Å²) < 4.78 is 30.3. The molecule has 1 aliphatic rings. The Bertz CT molecular complexity index is 1100. The summed E-state index contributed by atoms with van der Waals surface area (Å²) in [5.74, 6) is 0.494. The zero-order valence-electron chi connectivity index (χ0n) is 18.8. The van der Waals surface area contributed by atoms with Crippen LogP contribution in [-0.2, 0) is 25.9 Å². The number of hydrogen-bond acceptors (Lipinski definition) is 7. The van der Waals surface area contributed by atoms with Crippen molar-refractivity contribution in [3.8, 4) is 0 Å². The fraction of sp³-hybridized carbons (Fsp3) is 0.391. The highest BCUT2D eigenvalue weighted by Crippen LogP contribution is 2.25. The number of benzene rings is 2. The van der Waals surface area contributed by atoms with E-state index >= 15 is 0 Å². The molecule has 1 heterocycles. The van der Waals surface area contributed by atoms with E-state index in [0.29, 0.717) is 18.7 Å². The average Bonchev–Trinajstić information content (AvgIpc) is 3.33. The van der Waals surface area contributed by atoms with Crippen molar-refractivity contribution in [2.24, 2.45) is 4.99 Å². The number of hydrogen-bond donors (Lipinski definition) is 2. The van der Waals surface area contributed by atoms with E-state index in [1.807, 2.05) is 24.3 Å². The van der Waals surface area contributed by atoms with E-state index in [9.17, 15) is 13.2 Å². The van der Waals surface area contributed by atoms with Crippen molar-refractivity contribution in [2.45, 2.75) is 18.4 Å². The normalized spacial score (nSPS) is 13.5. The van der Waals surface area contributed by atoms with E-state index < -0.39 is 9.84 Å². The lowest BCUT2D eigenvalue weighted by Crippen LogP contribution is -2.32. The number of sulfone groups is 1. The number of aliphatic imine (C=N–C) groups is 1. The molecule has 0 aliphatic carbocycles. The molecule has 0 aromatic heterocycles. The summed E-state index contributed by atoms with van der Waals surface area (Å²) in [6, 6.07) is 12.9. The van der Waals surface area contributed by atoms with Gasteiger partial charge in [0, 0.05) is 32.2 Å². The summed E-state index contributed by atoms with van der Waals surface area (Å²) in [7, 11) is -1.84. The van der Waals surface area contributed by atoms with E-state index in [4.69, 9.17) is 16.3 Å². The summed E-state index contributed by atoms with van der Waals surface area (Å²) in [6.45, 7) is 4.31. The van der Waals surface area contributed by atoms with Crippen LogP contribution in [0.3, 0.4) is 0 Å². The molecule has 2 N–H and O–H groups in total. The molecule has 2 aromatic rings. The molecule has 2 aromatic carbocycles. The van der Waals surface area contributed by atoms with Gasteiger partial charge in [-0.2, -0.15) is 0 Å². The van der Waals surface area contributed by atoms with E-state index in [1.54, 1.807) is 31.0 Å². The van der Waals surface area contributed by atoms with Crippen LogP contribution >= 0.6 is 11.6 Å². The molecule has 0 saturated heterocycles. The quantitative estimate of drug-likeness (QED) is 0.465. The maximum atomic E-state index is 12.4. The molecule has 1 aliphatic heterocycles. The smallest absolute Gasteiger partial charge is 0.248 e. The second kappa shape index (κ2) is 11.6. The van der Waals surface area contributed by atoms with Crippen LogP contribution < -0.4 is 10.6 Å². The molecule has 0 unspecified atom stereocenters. The highest BCUT2D eigenvalue weighted by atomic mass is 35.5. The van der Waals surface area contributed by atoms with Gasteiger partial charge in [-0.15, -0.1) is 0 Å². The third kappa shape index (κ3) is 7.01. The van der Waals surface area contributed by atoms with Crippen molar-refractivity contribution in [2.75, 3.05) is 45.8 Å². The average molecular weight is 493 g/mol. The lowest BCUT2D eigenvalue weighted by atomic mass is 10.1. The number of carbonyl (C=O) groups excluding carboxylic acids is 1. The van der Waals surface area contributed by atoms with Gasteiger partial charge in [0.2, 0.25) is 5.91 Å². The maximum Gasteiger partial charge on any atom is 0.248 e. The van der Waals surface area contributed by atoms with Crippen LogP contribution in [0.4, 0.5) is 0 Å². The number of likely N-dealkylation sites (N-methyl/N-ethyl adjacent to an activating group) is 1. The Morgan fingerprint density at radius 2 is 2.00 bits per heavy atom. The summed E-state index contributed by atoms with van der Waals surface area (Å²) in [5, 5.41) is 6.30. The van der Waals surface area contributed by atoms with Gasteiger partial charge in [-0.05, 0) is 24.1 Å². The first-order valence-corrected chi connectivity index (χ1v) is 12.7. The lowest BCUT2D eigenvalue weighted by Gasteiger charge is -2.17. The monoisotopic (exact) mass is 492 g/mol. The van der Waals surface area contributed by atoms with E-state index in [2.05, 4.69) is 15.6 Å². The number of ether oxygens (including phenoxy) is 1. The van der Waals surface area contributed by atoms with Crippen molar-refractivity contribution in [1.29, 1.82) is 0 Å². The van der Waals surface area contributed by atoms with Gasteiger partial charge in [-0.1, -0.05) is 48.0 Å². The second-order valence-electron chi connectivity index (χ2n) is 7.80. The molecule has 8 nitrogen and oxygen atoms in total. The molecule has 0 fully saturated rings. The molecule has 0 radical (unpaired) electrons. The van der Waals surface area contributed by atoms with Crippen molar-refractivity contribution in [3.05, 3.63) is 64.2 Å². The summed E-state index contributed by atoms with van der Waals surface area (Å²) >= 11 is 6.12. The Morgan fingerprint density at radius 3 is 2.70 bits per heavy atom. The third-order valence-electron chi connectivity index (χ3n) is 5.18. The van der Waals surface area contributed by atoms with E-state index in [1.165, 1.54) is 6.07 Å². The van der Waals surface area contributed by atoms with Crippen molar-refractivity contribution in [1.82, 2.24) is 15.5 Å². The van der Waals surface area contributed by atoms with Crippen LogP contribution in [0.2, 0.25) is 5.02 Å². The first-order chi connectivity index (χ1) is 15.8. The molecule has 0 atom stereocenters. The van der Waals surface area contributed by atoms with Crippen LogP contribution in [-0.4, -0.2) is 70.8 Å². The van der Waals surface area contributed by atoms with Crippen LogP contribution in [0.15, 0.2) is 52.4 Å². The third-order valence-corrected chi connectivity index (χ3v) is 7.39. The Hall–Kier alpha value is -2.46. The fourth-order valence-corrected chi connectivity index (χ4v) is 5.05. The number of amidine groups is 1. The van der Waals surface area contributed by atoms with Crippen LogP contribution in [0.25, 0.3) is 0 Å². The summed E-state index contributed by atoms with van der Waals surface area (Å²) in [6.07, 6.45) is 0. The minimum absolute atomic E-state index is 0.0759. The number of nitrogens with zero attached hydrogens (tertiary/aromatic N) is 2. The topological polar surface area (TPSA) is 100 Å². The van der Waals surface area contributed by atoms with Crippen molar-refractivity contribution >= 4 is 33.2 Å². The fourth-order valence-electron chi connectivity index (χ4n) is 3.28. The van der Waals surface area contributed by atoms with E-state index in [0.717, 1.165) is 30.1 Å². The maximum absolute atomic E-state index is 12.4. The molecule has 0 saturated carbocycles. The molecule has 0 bridgehead atoms. The van der Waals surface area contributed by atoms with Gasteiger partial charge in [0.05, 0.1) is 23.1 Å². The standard InChI is InChI=1S/C23H29ClN4O4S/c1-17-4-3-5-20(22(17)24)33(30,31)16-25-12-13-32-15-21(29)28(2)14-18-6-8-19(9-7-18)23-26-10-11-27-23/h3-9,25H,10-16H2,1-2H3,(H,26,27). The minimum Gasteiger partial charge on any atom is -0.370 e. The summed E-state index contributed by atoms with van der Waals surface area (Å²) in [5.41, 5.74) is 2.75. The van der Waals surface area contributed by atoms with Gasteiger partial charge in [0.1, 0.15) is 18.3 Å². The SMILES string of the molecule is Cc1cccc(S(=O)(=O)CNCCOCC(=O)N(C)Cc2ccc(C3=NCCN3)cc2)c1Cl. The van der Waals surface area contributed by atoms with E-state index in [-0.39, 0.29) is 34.9 Å². The van der Waals surface area contributed by atoms with Gasteiger partial charge in [-0.25, -0.2) is 8.42 Å². The number of nitrogens with one attached hydrogen (secondary N) is 2. The zero-order chi connectivity index (χ0) is 23.8. The number of halogens is 1. The first kappa shape index (κ1) is 25.2. The molecule has 0 spiro atoms. The zero-order valence-corrected chi connectivity index (χ0v) is 20.4. The number of carbonyl (C=O) groups is 1. The van der Waals surface area contributed by atoms with Gasteiger partial charge < -0.3 is 20.3 Å². The molecular weight excluding hydrogens is 464 g/mol. The van der Waals surface area contributed by atoms with Crippen molar-refractivity contribution in [3.63, 3.8) is 0 Å². The van der Waals surface area contributed by atoms with Gasteiger partial charge in [-0.3, -0.25) is 9.79 Å². The Balaban J connectivity index is 1.35. The summed E-state index contributed by atoms with van der Waals surface area (Å²) in [4.78, 5) is 18.4. The number of amides is 1. The Morgan fingerprint density at radius 1 is 1.24 bits per heavy atom. The van der Waals surface area contributed by atoms with Gasteiger partial charge >= 0.3 is 0 Å². The molecule has 178 valence electrons. The van der Waals surface area contributed by atoms with Gasteiger partial charge in [0.25, 0.3) is 0 Å². The molecule has 33 heavy (non-hydrogen) atoms. The minimum atomic E-state index is -3.56. The lowest BCUT2D eigenvalue weighted by molar-refractivity contribution is -0.135. The van der Waals surface area contributed by atoms with Crippen LogP contribution in [0, 0.1) is 6.92 Å². The highest BCUT2D eigenvalue weighted by Gasteiger charge is 2.18. The number of aryl methyl sites for hydroxylation is 1.